The number of unbranched alkanes of at least 4 members (excludes halogenated alkanes) is 5. The number of aliphatic hydroxyl groups is 1. The highest BCUT2D eigenvalue weighted by molar-refractivity contribution is 8.67. The average molecular weight is 371 g/mol. The monoisotopic (exact) mass is 370 g/mol. The van der Waals surface area contributed by atoms with E-state index in [1.807, 2.05) is 27.7 Å². The topological polar surface area (TPSA) is 38.7 Å². The third-order valence-corrected chi connectivity index (χ3v) is 8.58. The molecule has 1 atom stereocenters. The first-order chi connectivity index (χ1) is 10.3. The number of aliphatic hydroxyl groups excluding tert-OH is 1. The van der Waals surface area contributed by atoms with Crippen LogP contribution in [-0.4, -0.2) is 29.2 Å². The molecule has 3 nitrogen and oxygen atoms in total. The van der Waals surface area contributed by atoms with E-state index in [0.717, 1.165) is 12.8 Å². The van der Waals surface area contributed by atoms with Gasteiger partial charge in [0, 0.05) is 5.75 Å². The fourth-order valence-corrected chi connectivity index (χ4v) is 7.79. The molecule has 0 fully saturated rings. The quantitative estimate of drug-likeness (QED) is 0.304. The fourth-order valence-electron chi connectivity index (χ4n) is 2.02. The number of hydrogen-bond donors (Lipinski definition) is 1. The van der Waals surface area contributed by atoms with E-state index in [-0.39, 0.29) is 18.3 Å². The smallest absolute Gasteiger partial charge is 0.247 e. The summed E-state index contributed by atoms with van der Waals surface area (Å²) in [6.45, 7) is 10.1. The summed E-state index contributed by atoms with van der Waals surface area (Å²) >= 11 is 7.07. The normalized spacial score (nSPS) is 14.0. The molecule has 0 rings (SSSR count). The zero-order chi connectivity index (χ0) is 17.0. The van der Waals surface area contributed by atoms with Crippen LogP contribution in [-0.2, 0) is 20.9 Å². The molecule has 0 amide bonds. The molecule has 0 bridgehead atoms. The molecule has 0 heterocycles. The van der Waals surface area contributed by atoms with Gasteiger partial charge in [-0.05, 0) is 45.9 Å². The maximum Gasteiger partial charge on any atom is 0.247 e. The van der Waals surface area contributed by atoms with Crippen molar-refractivity contribution in [2.24, 2.45) is 0 Å². The number of hydrogen-bond acceptors (Lipinski definition) is 5. The molecule has 0 aromatic carbocycles. The van der Waals surface area contributed by atoms with Gasteiger partial charge in [0.25, 0.3) is 0 Å². The van der Waals surface area contributed by atoms with Crippen LogP contribution in [0.2, 0.25) is 0 Å². The molecule has 0 aromatic heterocycles. The van der Waals surface area contributed by atoms with Crippen LogP contribution in [0.1, 0.15) is 79.6 Å². The molecular formula is C16H35O3PS2. The Morgan fingerprint density at radius 1 is 0.955 bits per heavy atom. The second kappa shape index (κ2) is 13.2. The second-order valence-electron chi connectivity index (χ2n) is 6.26. The van der Waals surface area contributed by atoms with Gasteiger partial charge in [-0.2, -0.15) is 0 Å². The zero-order valence-electron chi connectivity index (χ0n) is 14.9. The summed E-state index contributed by atoms with van der Waals surface area (Å²) in [6.07, 6.45) is 8.11. The molecule has 0 aliphatic carbocycles. The highest BCUT2D eigenvalue weighted by Crippen LogP contribution is 2.62. The van der Waals surface area contributed by atoms with E-state index in [4.69, 9.17) is 20.9 Å². The van der Waals surface area contributed by atoms with Crippen LogP contribution >= 0.6 is 17.1 Å². The van der Waals surface area contributed by atoms with Gasteiger partial charge in [-0.25, -0.2) is 0 Å². The van der Waals surface area contributed by atoms with Crippen molar-refractivity contribution in [3.63, 3.8) is 0 Å². The Hall–Kier alpha value is 0.880. The summed E-state index contributed by atoms with van der Waals surface area (Å²) in [7, 11) is 0. The predicted octanol–water partition coefficient (Wildman–Crippen LogP) is 5.91. The lowest BCUT2D eigenvalue weighted by molar-refractivity contribution is 0.180. The van der Waals surface area contributed by atoms with Gasteiger partial charge in [0.2, 0.25) is 5.69 Å². The largest absolute Gasteiger partial charge is 0.392 e. The van der Waals surface area contributed by atoms with E-state index >= 15 is 0 Å². The van der Waals surface area contributed by atoms with Gasteiger partial charge in [0.05, 0.1) is 18.3 Å². The van der Waals surface area contributed by atoms with Crippen LogP contribution in [0.15, 0.2) is 0 Å². The molecule has 0 aromatic rings. The Labute approximate surface area is 146 Å². The molecule has 22 heavy (non-hydrogen) atoms. The summed E-state index contributed by atoms with van der Waals surface area (Å²) in [5, 5.41) is 10.1. The highest BCUT2D eigenvalue weighted by Gasteiger charge is 2.24. The van der Waals surface area contributed by atoms with Crippen LogP contribution in [0.4, 0.5) is 0 Å². The fraction of sp³-hybridized carbons (Fsp3) is 1.00. The van der Waals surface area contributed by atoms with Gasteiger partial charge in [-0.1, -0.05) is 56.8 Å². The first-order valence-electron chi connectivity index (χ1n) is 8.58. The average Bonchev–Trinajstić information content (AvgIpc) is 2.38. The van der Waals surface area contributed by atoms with E-state index in [1.165, 1.54) is 43.5 Å². The van der Waals surface area contributed by atoms with Crippen LogP contribution in [0.3, 0.4) is 0 Å². The summed E-state index contributed by atoms with van der Waals surface area (Å²) in [4.78, 5) is 0. The number of rotatable bonds is 14. The Morgan fingerprint density at radius 2 is 1.45 bits per heavy atom. The van der Waals surface area contributed by atoms with Crippen LogP contribution in [0, 0.1) is 0 Å². The third-order valence-electron chi connectivity index (χ3n) is 3.00. The van der Waals surface area contributed by atoms with Crippen molar-refractivity contribution in [3.8, 4) is 0 Å². The van der Waals surface area contributed by atoms with Gasteiger partial charge in [0.1, 0.15) is 0 Å². The Morgan fingerprint density at radius 3 is 1.95 bits per heavy atom. The van der Waals surface area contributed by atoms with E-state index in [9.17, 15) is 5.11 Å². The molecule has 134 valence electrons. The summed E-state index contributed by atoms with van der Waals surface area (Å²) < 4.78 is 11.6. The van der Waals surface area contributed by atoms with Gasteiger partial charge in [-0.15, -0.1) is 0 Å². The van der Waals surface area contributed by atoms with E-state index in [2.05, 4.69) is 6.92 Å². The van der Waals surface area contributed by atoms with Gasteiger partial charge in [-0.3, -0.25) is 0 Å². The molecule has 0 aliphatic heterocycles. The van der Waals surface area contributed by atoms with Crippen LogP contribution < -0.4 is 0 Å². The third kappa shape index (κ3) is 13.3. The molecule has 0 aliphatic rings. The Balaban J connectivity index is 4.00. The van der Waals surface area contributed by atoms with Crippen molar-refractivity contribution in [1.29, 1.82) is 0 Å². The minimum absolute atomic E-state index is 0.0489. The molecule has 0 saturated heterocycles. The Bertz CT molecular complexity index is 298. The van der Waals surface area contributed by atoms with Gasteiger partial charge < -0.3 is 14.2 Å². The summed E-state index contributed by atoms with van der Waals surface area (Å²) in [5.41, 5.74) is -2.35. The highest BCUT2D eigenvalue weighted by atomic mass is 32.9. The first kappa shape index (κ1) is 22.9. The Kier molecular flexibility index (Phi) is 13.7. The van der Waals surface area contributed by atoms with Crippen LogP contribution in [0.5, 0.6) is 0 Å². The van der Waals surface area contributed by atoms with Crippen molar-refractivity contribution in [3.05, 3.63) is 0 Å². The van der Waals surface area contributed by atoms with Gasteiger partial charge in [0.15, 0.2) is 0 Å². The molecule has 0 saturated carbocycles. The van der Waals surface area contributed by atoms with E-state index < -0.39 is 5.69 Å². The molecule has 1 unspecified atom stereocenters. The van der Waals surface area contributed by atoms with Gasteiger partial charge >= 0.3 is 0 Å². The maximum atomic E-state index is 10.1. The minimum Gasteiger partial charge on any atom is -0.392 e. The van der Waals surface area contributed by atoms with Crippen molar-refractivity contribution < 1.29 is 14.2 Å². The predicted molar refractivity (Wildman–Crippen MR) is 103 cm³/mol. The standard InChI is InChI=1S/C16H35O3PS2/c1-6-7-8-9-10-11-12-16(17)13-22-20(21,18-14(2)3)19-15(4)5/h14-17H,6-13H2,1-5H3. The lowest BCUT2D eigenvalue weighted by Crippen LogP contribution is -2.12. The summed E-state index contributed by atoms with van der Waals surface area (Å²) in [6, 6.07) is 0. The first-order valence-corrected chi connectivity index (χ1v) is 12.8. The van der Waals surface area contributed by atoms with E-state index in [0.29, 0.717) is 5.75 Å². The molecule has 0 radical (unpaired) electrons. The lowest BCUT2D eigenvalue weighted by atomic mass is 10.1. The maximum absolute atomic E-state index is 10.1. The zero-order valence-corrected chi connectivity index (χ0v) is 17.4. The molecule has 0 spiro atoms. The lowest BCUT2D eigenvalue weighted by Gasteiger charge is -2.26. The van der Waals surface area contributed by atoms with Crippen molar-refractivity contribution >= 4 is 28.9 Å². The molecule has 6 heteroatoms. The van der Waals surface area contributed by atoms with E-state index in [1.54, 1.807) is 0 Å². The van der Waals surface area contributed by atoms with Crippen LogP contribution in [0.25, 0.3) is 0 Å². The second-order valence-corrected chi connectivity index (χ2v) is 12.5. The van der Waals surface area contributed by atoms with Crippen molar-refractivity contribution in [2.45, 2.75) is 97.9 Å². The summed E-state index contributed by atoms with van der Waals surface area (Å²) in [5.74, 6) is 0.603. The SMILES string of the molecule is CCCCCCCCC(O)CSP(=S)(OC(C)C)OC(C)C. The van der Waals surface area contributed by atoms with Crippen molar-refractivity contribution in [1.82, 2.24) is 0 Å². The molecule has 1 N–H and O–H groups in total. The molecular weight excluding hydrogens is 335 g/mol. The van der Waals surface area contributed by atoms with Crippen molar-refractivity contribution in [2.75, 3.05) is 5.75 Å². The minimum atomic E-state index is -2.35.